The topological polar surface area (TPSA) is 33.6 Å². The molecule has 0 atom stereocenters. The molecule has 0 unspecified atom stereocenters. The van der Waals surface area contributed by atoms with E-state index in [1.165, 1.54) is 6.07 Å². The minimum Gasteiger partial charge on any atom is -0.295 e. The van der Waals surface area contributed by atoms with E-state index in [4.69, 9.17) is 12.2 Å². The number of aromatic amines is 1. The largest absolute Gasteiger partial charge is 0.416 e. The van der Waals surface area contributed by atoms with Gasteiger partial charge in [0, 0.05) is 15.6 Å². The molecule has 0 spiro atoms. The van der Waals surface area contributed by atoms with Gasteiger partial charge in [0.05, 0.1) is 5.56 Å². The van der Waals surface area contributed by atoms with Crippen molar-refractivity contribution in [1.82, 2.24) is 14.8 Å². The quantitative estimate of drug-likeness (QED) is 0.695. The number of aromatic nitrogens is 3. The molecule has 0 aliphatic rings. The first-order valence-electron chi connectivity index (χ1n) is 6.07. The average Bonchev–Trinajstić information content (AvgIpc) is 2.69. The van der Waals surface area contributed by atoms with Crippen molar-refractivity contribution >= 4 is 28.1 Å². The van der Waals surface area contributed by atoms with Crippen molar-refractivity contribution < 1.29 is 13.2 Å². The van der Waals surface area contributed by atoms with E-state index in [0.29, 0.717) is 20.6 Å². The highest BCUT2D eigenvalue weighted by Crippen LogP contribution is 2.36. The first kappa shape index (κ1) is 16.2. The molecule has 0 fully saturated rings. The Kier molecular flexibility index (Phi) is 4.05. The predicted octanol–water partition coefficient (Wildman–Crippen LogP) is 5.14. The summed E-state index contributed by atoms with van der Waals surface area (Å²) in [6.45, 7) is 5.72. The van der Waals surface area contributed by atoms with Crippen molar-refractivity contribution in [2.45, 2.75) is 32.5 Å². The Balaban J connectivity index is 2.72. The van der Waals surface area contributed by atoms with Gasteiger partial charge >= 0.3 is 6.18 Å². The summed E-state index contributed by atoms with van der Waals surface area (Å²) < 4.78 is 41.2. The number of benzene rings is 1. The summed E-state index contributed by atoms with van der Waals surface area (Å²) >= 11 is 8.45. The maximum atomic E-state index is 12.9. The van der Waals surface area contributed by atoms with E-state index in [9.17, 15) is 13.2 Å². The van der Waals surface area contributed by atoms with Gasteiger partial charge in [0.2, 0.25) is 0 Å². The van der Waals surface area contributed by atoms with Gasteiger partial charge in [0.1, 0.15) is 0 Å². The normalized spacial score (nSPS) is 12.7. The van der Waals surface area contributed by atoms with Crippen LogP contribution >= 0.6 is 28.1 Å². The van der Waals surface area contributed by atoms with Gasteiger partial charge < -0.3 is 0 Å². The van der Waals surface area contributed by atoms with E-state index < -0.39 is 17.3 Å². The molecule has 0 aliphatic carbocycles. The molecule has 0 radical (unpaired) electrons. The van der Waals surface area contributed by atoms with Crippen molar-refractivity contribution in [2.75, 3.05) is 0 Å². The van der Waals surface area contributed by atoms with Gasteiger partial charge in [-0.2, -0.15) is 18.3 Å². The monoisotopic (exact) mass is 379 g/mol. The molecular weight excluding hydrogens is 367 g/mol. The number of nitrogens with one attached hydrogen (secondary N) is 1. The molecule has 1 aromatic carbocycles. The summed E-state index contributed by atoms with van der Waals surface area (Å²) in [6, 6.07) is 3.45. The Bertz CT molecular complexity index is 725. The van der Waals surface area contributed by atoms with Gasteiger partial charge in [-0.1, -0.05) is 15.9 Å². The number of nitrogens with zero attached hydrogens (tertiary/aromatic N) is 2. The molecule has 1 aromatic heterocycles. The smallest absolute Gasteiger partial charge is 0.295 e. The third-order valence-electron chi connectivity index (χ3n) is 2.88. The highest BCUT2D eigenvalue weighted by molar-refractivity contribution is 9.10. The van der Waals surface area contributed by atoms with E-state index in [2.05, 4.69) is 26.1 Å². The van der Waals surface area contributed by atoms with Crippen LogP contribution in [0.1, 0.15) is 26.3 Å². The molecule has 0 saturated heterocycles. The predicted molar refractivity (Wildman–Crippen MR) is 80.5 cm³/mol. The highest BCUT2D eigenvalue weighted by Gasteiger charge is 2.32. The first-order chi connectivity index (χ1) is 9.51. The Morgan fingerprint density at radius 1 is 1.24 bits per heavy atom. The van der Waals surface area contributed by atoms with Gasteiger partial charge in [-0.3, -0.25) is 9.67 Å². The van der Waals surface area contributed by atoms with Gasteiger partial charge in [-0.05, 0) is 51.2 Å². The minimum absolute atomic E-state index is 0.340. The second-order valence-electron chi connectivity index (χ2n) is 5.55. The Morgan fingerprint density at radius 2 is 1.86 bits per heavy atom. The summed E-state index contributed by atoms with van der Waals surface area (Å²) in [7, 11) is 0. The zero-order valence-corrected chi connectivity index (χ0v) is 13.9. The summed E-state index contributed by atoms with van der Waals surface area (Å²) in [5, 5.41) is 6.73. The van der Waals surface area contributed by atoms with Crippen molar-refractivity contribution in [3.05, 3.63) is 33.0 Å². The molecule has 2 rings (SSSR count). The van der Waals surface area contributed by atoms with Gasteiger partial charge in [-0.25, -0.2) is 0 Å². The zero-order valence-electron chi connectivity index (χ0n) is 11.5. The lowest BCUT2D eigenvalue weighted by Gasteiger charge is -2.23. The number of halogens is 4. The molecule has 0 saturated carbocycles. The molecular formula is C13H13BrF3N3S. The van der Waals surface area contributed by atoms with Gasteiger partial charge in [0.25, 0.3) is 0 Å². The van der Waals surface area contributed by atoms with Crippen LogP contribution in [0.3, 0.4) is 0 Å². The standard InChI is InChI=1S/C13H13BrF3N3S/c1-12(2,3)20-10(18-19-11(20)21)8-6-7(13(15,16)17)4-5-9(8)14/h4-6H,1-3H3,(H,19,21). The lowest BCUT2D eigenvalue weighted by molar-refractivity contribution is -0.137. The van der Waals surface area contributed by atoms with Gasteiger partial charge in [-0.15, -0.1) is 0 Å². The molecule has 1 heterocycles. The van der Waals surface area contributed by atoms with E-state index in [1.807, 2.05) is 20.8 Å². The molecule has 1 N–H and O–H groups in total. The number of hydrogen-bond acceptors (Lipinski definition) is 2. The fourth-order valence-corrected chi connectivity index (χ4v) is 2.80. The van der Waals surface area contributed by atoms with Crippen molar-refractivity contribution in [3.8, 4) is 11.4 Å². The maximum Gasteiger partial charge on any atom is 0.416 e. The van der Waals surface area contributed by atoms with Crippen LogP contribution in [0.15, 0.2) is 22.7 Å². The van der Waals surface area contributed by atoms with Crippen LogP contribution in [-0.4, -0.2) is 14.8 Å². The molecule has 0 bridgehead atoms. The average molecular weight is 380 g/mol. The fraction of sp³-hybridized carbons (Fsp3) is 0.385. The first-order valence-corrected chi connectivity index (χ1v) is 7.27. The SMILES string of the molecule is CC(C)(C)n1c(-c2cc(C(F)(F)F)ccc2Br)n[nH]c1=S. The number of rotatable bonds is 1. The molecule has 0 aliphatic heterocycles. The Labute approximate surface area is 133 Å². The Morgan fingerprint density at radius 3 is 2.38 bits per heavy atom. The zero-order chi connectivity index (χ0) is 16.0. The lowest BCUT2D eigenvalue weighted by Crippen LogP contribution is -2.23. The molecule has 2 aromatic rings. The van der Waals surface area contributed by atoms with Crippen LogP contribution in [0.5, 0.6) is 0 Å². The van der Waals surface area contributed by atoms with E-state index >= 15 is 0 Å². The second-order valence-corrected chi connectivity index (χ2v) is 6.79. The van der Waals surface area contributed by atoms with E-state index in [1.54, 1.807) is 4.57 Å². The van der Waals surface area contributed by atoms with Gasteiger partial charge in [0.15, 0.2) is 10.6 Å². The van der Waals surface area contributed by atoms with Crippen LogP contribution in [0.4, 0.5) is 13.2 Å². The molecule has 21 heavy (non-hydrogen) atoms. The van der Waals surface area contributed by atoms with Crippen LogP contribution in [0.2, 0.25) is 0 Å². The maximum absolute atomic E-state index is 12.9. The number of H-pyrrole nitrogens is 1. The van der Waals surface area contributed by atoms with Crippen LogP contribution < -0.4 is 0 Å². The summed E-state index contributed by atoms with van der Waals surface area (Å²) in [6.07, 6.45) is -4.41. The lowest BCUT2D eigenvalue weighted by atomic mass is 10.1. The molecule has 0 amide bonds. The summed E-state index contributed by atoms with van der Waals surface area (Å²) in [5.74, 6) is 0.366. The third kappa shape index (κ3) is 3.21. The third-order valence-corrected chi connectivity index (χ3v) is 3.84. The van der Waals surface area contributed by atoms with Crippen molar-refractivity contribution in [1.29, 1.82) is 0 Å². The van der Waals surface area contributed by atoms with Crippen LogP contribution in [-0.2, 0) is 11.7 Å². The second kappa shape index (κ2) is 5.24. The van der Waals surface area contributed by atoms with Crippen molar-refractivity contribution in [3.63, 3.8) is 0 Å². The van der Waals surface area contributed by atoms with Crippen LogP contribution in [0.25, 0.3) is 11.4 Å². The van der Waals surface area contributed by atoms with E-state index in [0.717, 1.165) is 12.1 Å². The molecule has 8 heteroatoms. The summed E-state index contributed by atoms with van der Waals surface area (Å²) in [5.41, 5.74) is -0.797. The number of hydrogen-bond donors (Lipinski definition) is 1. The Hall–Kier alpha value is -1.15. The highest BCUT2D eigenvalue weighted by atomic mass is 79.9. The van der Waals surface area contributed by atoms with Crippen molar-refractivity contribution in [2.24, 2.45) is 0 Å². The van der Waals surface area contributed by atoms with Crippen LogP contribution in [0, 0.1) is 4.77 Å². The summed E-state index contributed by atoms with van der Waals surface area (Å²) in [4.78, 5) is 0. The fourth-order valence-electron chi connectivity index (χ4n) is 1.97. The van der Waals surface area contributed by atoms with E-state index in [-0.39, 0.29) is 0 Å². The minimum atomic E-state index is -4.41. The number of alkyl halides is 3. The molecule has 114 valence electrons. The molecule has 3 nitrogen and oxygen atoms in total.